The molecule has 0 heterocycles. The number of hydrogen-bond donors (Lipinski definition) is 2. The first kappa shape index (κ1) is 19.3. The fourth-order valence-electron chi connectivity index (χ4n) is 2.14. The molecular formula is C18H18ClN3O4. The predicted octanol–water partition coefficient (Wildman–Crippen LogP) is 2.84. The van der Waals surface area contributed by atoms with Crippen LogP contribution in [0.15, 0.2) is 47.6 Å². The summed E-state index contributed by atoms with van der Waals surface area (Å²) in [6.07, 6.45) is 1.03. The van der Waals surface area contributed by atoms with Crippen molar-refractivity contribution in [3.63, 3.8) is 0 Å². The van der Waals surface area contributed by atoms with Gasteiger partial charge in [0.2, 0.25) is 11.8 Å². The number of amides is 2. The van der Waals surface area contributed by atoms with Gasteiger partial charge >= 0.3 is 0 Å². The van der Waals surface area contributed by atoms with E-state index in [9.17, 15) is 9.59 Å². The molecule has 0 saturated heterocycles. The summed E-state index contributed by atoms with van der Waals surface area (Å²) >= 11 is 5.84. The quantitative estimate of drug-likeness (QED) is 0.442. The van der Waals surface area contributed by atoms with Crippen LogP contribution in [-0.2, 0) is 9.59 Å². The Hall–Kier alpha value is -3.06. The van der Waals surface area contributed by atoms with E-state index in [2.05, 4.69) is 15.8 Å². The monoisotopic (exact) mass is 375 g/mol. The predicted molar refractivity (Wildman–Crippen MR) is 100.0 cm³/mol. The van der Waals surface area contributed by atoms with E-state index < -0.39 is 11.8 Å². The zero-order valence-electron chi connectivity index (χ0n) is 14.3. The van der Waals surface area contributed by atoms with Crippen molar-refractivity contribution in [3.05, 3.63) is 53.1 Å². The highest BCUT2D eigenvalue weighted by Crippen LogP contribution is 2.29. The van der Waals surface area contributed by atoms with Crippen LogP contribution in [0.4, 0.5) is 5.69 Å². The van der Waals surface area contributed by atoms with E-state index in [1.807, 2.05) is 0 Å². The van der Waals surface area contributed by atoms with E-state index in [4.69, 9.17) is 21.1 Å². The number of hydrazone groups is 1. The molecule has 26 heavy (non-hydrogen) atoms. The fourth-order valence-corrected chi connectivity index (χ4v) is 2.33. The van der Waals surface area contributed by atoms with Crippen molar-refractivity contribution in [1.82, 2.24) is 5.43 Å². The summed E-state index contributed by atoms with van der Waals surface area (Å²) in [4.78, 5) is 23.7. The summed E-state index contributed by atoms with van der Waals surface area (Å²) in [6.45, 7) is 0. The molecule has 0 bridgehead atoms. The standard InChI is InChI=1S/C18H18ClN3O4/c1-25-15-8-3-5-12(18(15)26-2)11-20-22-17(24)10-16(23)21-14-7-4-6-13(19)9-14/h3-9,11H,10H2,1-2H3,(H,21,23)(H,22,24). The summed E-state index contributed by atoms with van der Waals surface area (Å²) in [5.74, 6) is 0.0111. The van der Waals surface area contributed by atoms with Crippen LogP contribution in [0.2, 0.25) is 5.02 Å². The molecule has 0 radical (unpaired) electrons. The Morgan fingerprint density at radius 2 is 1.88 bits per heavy atom. The maximum atomic E-state index is 11.8. The molecule has 0 aliphatic carbocycles. The first-order valence-corrected chi connectivity index (χ1v) is 7.99. The summed E-state index contributed by atoms with van der Waals surface area (Å²) in [7, 11) is 3.03. The van der Waals surface area contributed by atoms with E-state index >= 15 is 0 Å². The van der Waals surface area contributed by atoms with Gasteiger partial charge in [0.05, 0.1) is 20.4 Å². The first-order valence-electron chi connectivity index (χ1n) is 7.61. The molecule has 2 aromatic carbocycles. The topological polar surface area (TPSA) is 89.0 Å². The van der Waals surface area contributed by atoms with Crippen molar-refractivity contribution in [2.75, 3.05) is 19.5 Å². The van der Waals surface area contributed by atoms with Crippen LogP contribution in [0.1, 0.15) is 12.0 Å². The summed E-state index contributed by atoms with van der Waals surface area (Å²) in [6, 6.07) is 11.9. The smallest absolute Gasteiger partial charge is 0.249 e. The number of hydrogen-bond acceptors (Lipinski definition) is 5. The molecule has 0 spiro atoms. The zero-order valence-corrected chi connectivity index (χ0v) is 15.0. The van der Waals surface area contributed by atoms with Crippen LogP contribution >= 0.6 is 11.6 Å². The Morgan fingerprint density at radius 1 is 1.12 bits per heavy atom. The third-order valence-corrected chi connectivity index (χ3v) is 3.49. The van der Waals surface area contributed by atoms with Crippen LogP contribution in [0, 0.1) is 0 Å². The highest BCUT2D eigenvalue weighted by atomic mass is 35.5. The van der Waals surface area contributed by atoms with Gasteiger partial charge in [-0.25, -0.2) is 5.43 Å². The number of nitrogens with one attached hydrogen (secondary N) is 2. The summed E-state index contributed by atoms with van der Waals surface area (Å²) in [5, 5.41) is 6.91. The van der Waals surface area contributed by atoms with Crippen molar-refractivity contribution < 1.29 is 19.1 Å². The van der Waals surface area contributed by atoms with Crippen LogP contribution < -0.4 is 20.2 Å². The van der Waals surface area contributed by atoms with Crippen LogP contribution in [-0.4, -0.2) is 32.2 Å². The van der Waals surface area contributed by atoms with Gasteiger partial charge in [-0.2, -0.15) is 5.10 Å². The molecule has 2 aromatic rings. The molecule has 0 atom stereocenters. The van der Waals surface area contributed by atoms with Gasteiger partial charge in [0.25, 0.3) is 0 Å². The lowest BCUT2D eigenvalue weighted by Gasteiger charge is -2.09. The number of benzene rings is 2. The van der Waals surface area contributed by atoms with Gasteiger partial charge < -0.3 is 14.8 Å². The van der Waals surface area contributed by atoms with E-state index in [0.717, 1.165) is 0 Å². The number of rotatable bonds is 7. The van der Waals surface area contributed by atoms with Crippen molar-refractivity contribution in [3.8, 4) is 11.5 Å². The molecule has 2 rings (SSSR count). The lowest BCUT2D eigenvalue weighted by atomic mass is 10.2. The van der Waals surface area contributed by atoms with Gasteiger partial charge in [0.15, 0.2) is 11.5 Å². The Bertz CT molecular complexity index is 824. The molecule has 0 unspecified atom stereocenters. The van der Waals surface area contributed by atoms with E-state index in [1.165, 1.54) is 20.4 Å². The minimum atomic E-state index is -0.553. The van der Waals surface area contributed by atoms with Gasteiger partial charge in [0, 0.05) is 16.3 Å². The molecule has 8 heteroatoms. The zero-order chi connectivity index (χ0) is 18.9. The van der Waals surface area contributed by atoms with Crippen molar-refractivity contribution in [1.29, 1.82) is 0 Å². The molecule has 0 aliphatic rings. The van der Waals surface area contributed by atoms with Crippen LogP contribution in [0.5, 0.6) is 11.5 Å². The maximum Gasteiger partial charge on any atom is 0.249 e. The van der Waals surface area contributed by atoms with Crippen LogP contribution in [0.25, 0.3) is 0 Å². The highest BCUT2D eigenvalue weighted by molar-refractivity contribution is 6.30. The minimum Gasteiger partial charge on any atom is -0.493 e. The second-order valence-electron chi connectivity index (χ2n) is 5.11. The average molecular weight is 376 g/mol. The normalized spacial score (nSPS) is 10.4. The largest absolute Gasteiger partial charge is 0.493 e. The highest BCUT2D eigenvalue weighted by Gasteiger charge is 2.10. The Kier molecular flexibility index (Phi) is 6.99. The minimum absolute atomic E-state index is 0.376. The van der Waals surface area contributed by atoms with Gasteiger partial charge in [-0.15, -0.1) is 0 Å². The molecule has 0 aliphatic heterocycles. The van der Waals surface area contributed by atoms with Gasteiger partial charge in [-0.1, -0.05) is 23.7 Å². The first-order chi connectivity index (χ1) is 12.5. The molecule has 2 N–H and O–H groups in total. The lowest BCUT2D eigenvalue weighted by molar-refractivity contribution is -0.126. The SMILES string of the molecule is COc1cccc(C=NNC(=O)CC(=O)Nc2cccc(Cl)c2)c1OC. The number of nitrogens with zero attached hydrogens (tertiary/aromatic N) is 1. The van der Waals surface area contributed by atoms with E-state index in [-0.39, 0.29) is 6.42 Å². The second kappa shape index (κ2) is 9.43. The van der Waals surface area contributed by atoms with Crippen LogP contribution in [0.3, 0.4) is 0 Å². The van der Waals surface area contributed by atoms with Gasteiger partial charge in [-0.05, 0) is 30.3 Å². The molecule has 2 amide bonds. The molecule has 0 aromatic heterocycles. The molecular weight excluding hydrogens is 358 g/mol. The number of para-hydroxylation sites is 1. The number of anilines is 1. The third-order valence-electron chi connectivity index (χ3n) is 3.26. The van der Waals surface area contributed by atoms with Crippen molar-refractivity contribution in [2.45, 2.75) is 6.42 Å². The molecule has 136 valence electrons. The van der Waals surface area contributed by atoms with E-state index in [1.54, 1.807) is 42.5 Å². The molecule has 0 saturated carbocycles. The Morgan fingerprint density at radius 3 is 2.58 bits per heavy atom. The maximum absolute atomic E-state index is 11.8. The second-order valence-corrected chi connectivity index (χ2v) is 5.55. The number of carbonyl (C=O) groups is 2. The average Bonchev–Trinajstić information content (AvgIpc) is 2.61. The summed E-state index contributed by atoms with van der Waals surface area (Å²) in [5.41, 5.74) is 3.43. The van der Waals surface area contributed by atoms with Gasteiger partial charge in [0.1, 0.15) is 6.42 Å². The number of ether oxygens (including phenoxy) is 2. The summed E-state index contributed by atoms with van der Waals surface area (Å²) < 4.78 is 10.4. The van der Waals surface area contributed by atoms with Crippen molar-refractivity contribution in [2.24, 2.45) is 5.10 Å². The lowest BCUT2D eigenvalue weighted by Crippen LogP contribution is -2.24. The third kappa shape index (κ3) is 5.49. The number of carbonyl (C=O) groups excluding carboxylic acids is 2. The number of methoxy groups -OCH3 is 2. The molecule has 0 fully saturated rings. The Balaban J connectivity index is 1.90. The number of halogens is 1. The fraction of sp³-hybridized carbons (Fsp3) is 0.167. The van der Waals surface area contributed by atoms with Crippen molar-refractivity contribution >= 4 is 35.3 Å². The van der Waals surface area contributed by atoms with Gasteiger partial charge in [-0.3, -0.25) is 9.59 Å². The molecule has 7 nitrogen and oxygen atoms in total. The van der Waals surface area contributed by atoms with E-state index in [0.29, 0.717) is 27.8 Å². The Labute approximate surface area is 155 Å².